The van der Waals surface area contributed by atoms with Crippen LogP contribution in [0.3, 0.4) is 0 Å². The lowest BCUT2D eigenvalue weighted by molar-refractivity contribution is 0.0656. The van der Waals surface area contributed by atoms with Gasteiger partial charge in [0.15, 0.2) is 5.09 Å². The number of rotatable bonds is 5. The zero-order valence-electron chi connectivity index (χ0n) is 9.29. The van der Waals surface area contributed by atoms with Crippen LogP contribution < -0.4 is 0 Å². The number of carboxylic acids is 1. The van der Waals surface area contributed by atoms with Gasteiger partial charge in [0.1, 0.15) is 0 Å². The number of aromatic nitrogens is 2. The summed E-state index contributed by atoms with van der Waals surface area (Å²) in [6, 6.07) is 5.11. The minimum absolute atomic E-state index is 0.0203. The third-order valence-corrected chi connectivity index (χ3v) is 3.23. The molecule has 1 N–H and O–H groups in total. The summed E-state index contributed by atoms with van der Waals surface area (Å²) in [5.74, 6) is -0.233. The smallest absolute Gasteiger partial charge is 0.371 e. The third-order valence-electron chi connectivity index (χ3n) is 2.32. The lowest BCUT2D eigenvalue weighted by Gasteiger charge is -2.00. The Morgan fingerprint density at radius 3 is 2.94 bits per heavy atom. The zero-order chi connectivity index (χ0) is 12.3. The standard InChI is InChI=1S/C11H12N2O3S/c1-13-8(4-6-12-13)5-7-17-10-3-2-9(16-10)11(14)15/h2-4,6H,5,7H2,1H3,(H,14,15). The molecule has 2 heterocycles. The monoisotopic (exact) mass is 252 g/mol. The molecule has 0 atom stereocenters. The molecular weight excluding hydrogens is 240 g/mol. The molecule has 0 saturated carbocycles. The molecule has 0 radical (unpaired) electrons. The van der Waals surface area contributed by atoms with Gasteiger partial charge in [-0.05, 0) is 24.6 Å². The van der Waals surface area contributed by atoms with Crippen molar-refractivity contribution in [3.05, 3.63) is 35.9 Å². The molecule has 0 aromatic carbocycles. The Kier molecular flexibility index (Phi) is 3.53. The fourth-order valence-corrected chi connectivity index (χ4v) is 2.24. The molecule has 6 heteroatoms. The van der Waals surface area contributed by atoms with Gasteiger partial charge in [0.05, 0.1) is 0 Å². The molecule has 0 spiro atoms. The molecule has 0 amide bonds. The van der Waals surface area contributed by atoms with Gasteiger partial charge in [0.2, 0.25) is 5.76 Å². The fraction of sp³-hybridized carbons (Fsp3) is 0.273. The van der Waals surface area contributed by atoms with Gasteiger partial charge in [-0.3, -0.25) is 4.68 Å². The Balaban J connectivity index is 1.86. The van der Waals surface area contributed by atoms with E-state index in [0.29, 0.717) is 5.09 Å². The van der Waals surface area contributed by atoms with Crippen LogP contribution in [0.2, 0.25) is 0 Å². The van der Waals surface area contributed by atoms with Crippen LogP contribution in [0.25, 0.3) is 0 Å². The summed E-state index contributed by atoms with van der Waals surface area (Å²) in [7, 11) is 1.90. The van der Waals surface area contributed by atoms with Gasteiger partial charge in [0.25, 0.3) is 0 Å². The van der Waals surface area contributed by atoms with Crippen molar-refractivity contribution in [1.29, 1.82) is 0 Å². The largest absolute Gasteiger partial charge is 0.475 e. The number of furan rings is 1. The summed E-state index contributed by atoms with van der Waals surface area (Å²) in [5, 5.41) is 13.4. The van der Waals surface area contributed by atoms with E-state index in [4.69, 9.17) is 9.52 Å². The molecule has 0 fully saturated rings. The van der Waals surface area contributed by atoms with Crippen molar-refractivity contribution >= 4 is 17.7 Å². The van der Waals surface area contributed by atoms with Crippen LogP contribution in [-0.2, 0) is 13.5 Å². The van der Waals surface area contributed by atoms with E-state index < -0.39 is 5.97 Å². The summed E-state index contributed by atoms with van der Waals surface area (Å²) < 4.78 is 6.96. The summed E-state index contributed by atoms with van der Waals surface area (Å²) in [6.07, 6.45) is 2.62. The molecule has 2 aromatic rings. The predicted octanol–water partition coefficient (Wildman–Crippen LogP) is 2.05. The van der Waals surface area contributed by atoms with Gasteiger partial charge in [-0.15, -0.1) is 0 Å². The number of hydrogen-bond donors (Lipinski definition) is 1. The normalized spacial score (nSPS) is 10.6. The van der Waals surface area contributed by atoms with Crippen molar-refractivity contribution in [2.45, 2.75) is 11.5 Å². The van der Waals surface area contributed by atoms with E-state index in [9.17, 15) is 4.79 Å². The number of aromatic carboxylic acids is 1. The van der Waals surface area contributed by atoms with Crippen LogP contribution in [0.5, 0.6) is 0 Å². The molecule has 0 unspecified atom stereocenters. The second-order valence-corrected chi connectivity index (χ2v) is 4.57. The molecule has 0 aliphatic heterocycles. The number of aryl methyl sites for hydroxylation is 2. The van der Waals surface area contributed by atoms with Crippen molar-refractivity contribution in [3.63, 3.8) is 0 Å². The lowest BCUT2D eigenvalue weighted by atomic mass is 10.3. The summed E-state index contributed by atoms with van der Waals surface area (Å²) in [6.45, 7) is 0. The van der Waals surface area contributed by atoms with E-state index in [2.05, 4.69) is 5.10 Å². The molecule has 2 rings (SSSR count). The molecule has 5 nitrogen and oxygen atoms in total. The van der Waals surface area contributed by atoms with Gasteiger partial charge >= 0.3 is 5.97 Å². The van der Waals surface area contributed by atoms with Crippen LogP contribution in [-0.4, -0.2) is 26.6 Å². The van der Waals surface area contributed by atoms with Crippen LogP contribution >= 0.6 is 11.8 Å². The van der Waals surface area contributed by atoms with Crippen LogP contribution in [0, 0.1) is 0 Å². The van der Waals surface area contributed by atoms with E-state index >= 15 is 0 Å². The van der Waals surface area contributed by atoms with E-state index in [0.717, 1.165) is 17.9 Å². The highest BCUT2D eigenvalue weighted by molar-refractivity contribution is 7.99. The second-order valence-electron chi connectivity index (χ2n) is 3.47. The van der Waals surface area contributed by atoms with Crippen LogP contribution in [0.1, 0.15) is 16.2 Å². The number of hydrogen-bond acceptors (Lipinski definition) is 4. The van der Waals surface area contributed by atoms with Crippen LogP contribution in [0.4, 0.5) is 0 Å². The Morgan fingerprint density at radius 2 is 2.35 bits per heavy atom. The van der Waals surface area contributed by atoms with Crippen molar-refractivity contribution in [2.75, 3.05) is 5.75 Å². The summed E-state index contributed by atoms with van der Waals surface area (Å²) in [4.78, 5) is 10.6. The second kappa shape index (κ2) is 5.09. The lowest BCUT2D eigenvalue weighted by Crippen LogP contribution is -1.99. The highest BCUT2D eigenvalue weighted by Crippen LogP contribution is 2.21. The van der Waals surface area contributed by atoms with Crippen molar-refractivity contribution in [3.8, 4) is 0 Å². The predicted molar refractivity (Wildman–Crippen MR) is 63.3 cm³/mol. The minimum Gasteiger partial charge on any atom is -0.475 e. The number of carboxylic acid groups (broad SMARTS) is 1. The molecular formula is C11H12N2O3S. The highest BCUT2D eigenvalue weighted by Gasteiger charge is 2.09. The van der Waals surface area contributed by atoms with E-state index in [-0.39, 0.29) is 5.76 Å². The topological polar surface area (TPSA) is 68.3 Å². The highest BCUT2D eigenvalue weighted by atomic mass is 32.2. The molecule has 17 heavy (non-hydrogen) atoms. The molecule has 0 bridgehead atoms. The average molecular weight is 252 g/mol. The first-order valence-electron chi connectivity index (χ1n) is 5.09. The Morgan fingerprint density at radius 1 is 1.53 bits per heavy atom. The molecule has 0 saturated heterocycles. The van der Waals surface area contributed by atoms with E-state index in [1.54, 1.807) is 12.3 Å². The molecule has 90 valence electrons. The van der Waals surface area contributed by atoms with Crippen LogP contribution in [0.15, 0.2) is 33.9 Å². The number of nitrogens with zero attached hydrogens (tertiary/aromatic N) is 2. The summed E-state index contributed by atoms with van der Waals surface area (Å²) in [5.41, 5.74) is 1.14. The Bertz CT molecular complexity index is 518. The molecule has 2 aromatic heterocycles. The SMILES string of the molecule is Cn1nccc1CCSc1ccc(C(=O)O)o1. The zero-order valence-corrected chi connectivity index (χ0v) is 10.1. The van der Waals surface area contributed by atoms with Crippen molar-refractivity contribution in [1.82, 2.24) is 9.78 Å². The maximum atomic E-state index is 10.6. The maximum Gasteiger partial charge on any atom is 0.371 e. The first-order chi connectivity index (χ1) is 8.16. The minimum atomic E-state index is -1.04. The quantitative estimate of drug-likeness (QED) is 0.825. The first-order valence-corrected chi connectivity index (χ1v) is 6.08. The number of thioether (sulfide) groups is 1. The number of carbonyl (C=O) groups is 1. The van der Waals surface area contributed by atoms with Crippen molar-refractivity contribution < 1.29 is 14.3 Å². The first kappa shape index (κ1) is 11.8. The maximum absolute atomic E-state index is 10.6. The average Bonchev–Trinajstić information content (AvgIpc) is 2.89. The summed E-state index contributed by atoms with van der Waals surface area (Å²) >= 11 is 1.49. The van der Waals surface area contributed by atoms with Gasteiger partial charge in [-0.25, -0.2) is 4.79 Å². The molecule has 0 aliphatic carbocycles. The van der Waals surface area contributed by atoms with E-state index in [1.807, 2.05) is 17.8 Å². The fourth-order valence-electron chi connectivity index (χ4n) is 1.42. The molecule has 0 aliphatic rings. The van der Waals surface area contributed by atoms with Gasteiger partial charge in [0, 0.05) is 24.7 Å². The van der Waals surface area contributed by atoms with Gasteiger partial charge in [-0.2, -0.15) is 5.10 Å². The Hall–Kier alpha value is -1.69. The Labute approximate surface area is 102 Å². The van der Waals surface area contributed by atoms with Crippen molar-refractivity contribution in [2.24, 2.45) is 7.05 Å². The van der Waals surface area contributed by atoms with Gasteiger partial charge < -0.3 is 9.52 Å². The van der Waals surface area contributed by atoms with Gasteiger partial charge in [-0.1, -0.05) is 11.8 Å². The van der Waals surface area contributed by atoms with E-state index in [1.165, 1.54) is 17.8 Å². The third kappa shape index (κ3) is 2.91.